The number of aromatic amines is 1. The van der Waals surface area contributed by atoms with Crippen LogP contribution in [0.5, 0.6) is 0 Å². The van der Waals surface area contributed by atoms with Crippen LogP contribution in [0, 0.1) is 0 Å². The zero-order chi connectivity index (χ0) is 17.9. The van der Waals surface area contributed by atoms with Gasteiger partial charge < -0.3 is 10.6 Å². The van der Waals surface area contributed by atoms with Gasteiger partial charge in [-0.1, -0.05) is 36.4 Å². The van der Waals surface area contributed by atoms with E-state index < -0.39 is 0 Å². The summed E-state index contributed by atoms with van der Waals surface area (Å²) in [4.78, 5) is 14.7. The van der Waals surface area contributed by atoms with Crippen molar-refractivity contribution in [1.29, 1.82) is 0 Å². The number of nitrogens with zero attached hydrogens (tertiary/aromatic N) is 2. The number of benzene rings is 2. The lowest BCUT2D eigenvalue weighted by Gasteiger charge is -2.31. The van der Waals surface area contributed by atoms with Gasteiger partial charge in [-0.05, 0) is 30.5 Å². The Bertz CT molecular complexity index is 919. The number of H-pyrrole nitrogens is 1. The van der Waals surface area contributed by atoms with Crippen LogP contribution in [0.3, 0.4) is 0 Å². The van der Waals surface area contributed by atoms with Crippen molar-refractivity contribution in [2.75, 3.05) is 18.4 Å². The first-order chi connectivity index (χ1) is 12.7. The number of carbonyl (C=O) groups is 1. The van der Waals surface area contributed by atoms with Gasteiger partial charge in [0.15, 0.2) is 0 Å². The van der Waals surface area contributed by atoms with Crippen molar-refractivity contribution in [3.05, 3.63) is 59.8 Å². The molecule has 1 aliphatic rings. The molecule has 6 heteroatoms. The molecule has 3 N–H and O–H groups in total. The first-order valence-corrected chi connectivity index (χ1v) is 8.98. The summed E-state index contributed by atoms with van der Waals surface area (Å²) in [5.74, 6) is 0. The normalized spacial score (nSPS) is 15.4. The minimum atomic E-state index is -0.197. The highest BCUT2D eigenvalue weighted by molar-refractivity contribution is 5.99. The van der Waals surface area contributed by atoms with Gasteiger partial charge in [-0.15, -0.1) is 0 Å². The fourth-order valence-electron chi connectivity index (χ4n) is 3.60. The molecule has 3 aromatic rings. The van der Waals surface area contributed by atoms with Crippen molar-refractivity contribution >= 4 is 22.6 Å². The number of fused-ring (bicyclic) bond motifs is 2. The molecule has 2 heterocycles. The average Bonchev–Trinajstić information content (AvgIpc) is 3.11. The molecule has 1 unspecified atom stereocenters. The number of aromatic nitrogens is 2. The molecule has 0 radical (unpaired) electrons. The van der Waals surface area contributed by atoms with Gasteiger partial charge in [0.2, 0.25) is 0 Å². The van der Waals surface area contributed by atoms with Crippen molar-refractivity contribution < 1.29 is 4.79 Å². The third-order valence-corrected chi connectivity index (χ3v) is 4.84. The van der Waals surface area contributed by atoms with E-state index in [1.807, 2.05) is 25.1 Å². The van der Waals surface area contributed by atoms with E-state index in [-0.39, 0.29) is 12.1 Å². The molecule has 4 rings (SSSR count). The maximum absolute atomic E-state index is 12.4. The summed E-state index contributed by atoms with van der Waals surface area (Å²) in [7, 11) is 0. The van der Waals surface area contributed by atoms with Crippen LogP contribution < -0.4 is 10.6 Å². The van der Waals surface area contributed by atoms with Gasteiger partial charge in [0.25, 0.3) is 0 Å². The molecule has 134 valence electrons. The minimum Gasteiger partial charge on any atom is -0.334 e. The molecular formula is C20H23N5O. The Labute approximate surface area is 152 Å². The van der Waals surface area contributed by atoms with Gasteiger partial charge >= 0.3 is 6.03 Å². The minimum absolute atomic E-state index is 0.0567. The lowest BCUT2D eigenvalue weighted by Crippen LogP contribution is -2.45. The Hall–Kier alpha value is -2.86. The molecule has 0 bridgehead atoms. The van der Waals surface area contributed by atoms with E-state index in [9.17, 15) is 4.79 Å². The molecule has 0 fully saturated rings. The Kier molecular flexibility index (Phi) is 4.58. The molecule has 1 aliphatic heterocycles. The predicted molar refractivity (Wildman–Crippen MR) is 103 cm³/mol. The van der Waals surface area contributed by atoms with E-state index in [2.05, 4.69) is 50.0 Å². The topological polar surface area (TPSA) is 73.1 Å². The van der Waals surface area contributed by atoms with Crippen LogP contribution in [-0.4, -0.2) is 40.3 Å². The molecule has 0 spiro atoms. The van der Waals surface area contributed by atoms with Crippen LogP contribution in [0.4, 0.5) is 10.5 Å². The highest BCUT2D eigenvalue weighted by Gasteiger charge is 2.18. The van der Waals surface area contributed by atoms with Crippen molar-refractivity contribution in [2.45, 2.75) is 25.9 Å². The van der Waals surface area contributed by atoms with Crippen molar-refractivity contribution in [3.63, 3.8) is 0 Å². The van der Waals surface area contributed by atoms with Gasteiger partial charge in [-0.3, -0.25) is 10.00 Å². The van der Waals surface area contributed by atoms with Gasteiger partial charge in [-0.2, -0.15) is 5.10 Å². The first-order valence-electron chi connectivity index (χ1n) is 8.98. The van der Waals surface area contributed by atoms with E-state index in [0.29, 0.717) is 0 Å². The molecule has 6 nitrogen and oxygen atoms in total. The van der Waals surface area contributed by atoms with E-state index in [1.54, 1.807) is 6.20 Å². The van der Waals surface area contributed by atoms with E-state index in [4.69, 9.17) is 0 Å². The quantitative estimate of drug-likeness (QED) is 0.677. The smallest absolute Gasteiger partial charge is 0.319 e. The second-order valence-electron chi connectivity index (χ2n) is 6.89. The van der Waals surface area contributed by atoms with Crippen LogP contribution in [0.15, 0.2) is 48.7 Å². The first kappa shape index (κ1) is 16.6. The fraction of sp³-hybridized carbons (Fsp3) is 0.300. The van der Waals surface area contributed by atoms with Gasteiger partial charge in [0.05, 0.1) is 17.4 Å². The lowest BCUT2D eigenvalue weighted by molar-refractivity contribution is 0.221. The maximum Gasteiger partial charge on any atom is 0.319 e. The number of para-hydroxylation sites is 1. The summed E-state index contributed by atoms with van der Waals surface area (Å²) in [5, 5.41) is 13.9. The summed E-state index contributed by atoms with van der Waals surface area (Å²) >= 11 is 0. The second kappa shape index (κ2) is 7.17. The van der Waals surface area contributed by atoms with E-state index in [1.165, 1.54) is 11.1 Å². The SMILES string of the molecule is CC(CN1CCc2ccccc2C1)NC(=O)Nc1cccc2cn[nH]c12. The molecule has 0 saturated carbocycles. The molecule has 0 aliphatic carbocycles. The number of hydrogen-bond donors (Lipinski definition) is 3. The summed E-state index contributed by atoms with van der Waals surface area (Å²) < 4.78 is 0. The van der Waals surface area contributed by atoms with Crippen LogP contribution in [0.1, 0.15) is 18.1 Å². The van der Waals surface area contributed by atoms with Crippen molar-refractivity contribution in [1.82, 2.24) is 20.4 Å². The highest BCUT2D eigenvalue weighted by Crippen LogP contribution is 2.20. The molecule has 2 aromatic carbocycles. The Morgan fingerprint density at radius 3 is 2.96 bits per heavy atom. The predicted octanol–water partition coefficient (Wildman–Crippen LogP) is 3.13. The molecule has 1 aromatic heterocycles. The standard InChI is InChI=1S/C20H23N5O/c1-14(12-25-10-9-15-5-2-3-6-17(15)13-25)22-20(26)23-18-8-4-7-16-11-21-24-19(16)18/h2-8,11,14H,9-10,12-13H2,1H3,(H,21,24)(H2,22,23,26). The van der Waals surface area contributed by atoms with Crippen LogP contribution >= 0.6 is 0 Å². The third-order valence-electron chi connectivity index (χ3n) is 4.84. The maximum atomic E-state index is 12.4. The summed E-state index contributed by atoms with van der Waals surface area (Å²) in [6.45, 7) is 4.84. The van der Waals surface area contributed by atoms with Gasteiger partial charge in [-0.25, -0.2) is 4.79 Å². The van der Waals surface area contributed by atoms with Crippen molar-refractivity contribution in [2.24, 2.45) is 0 Å². The zero-order valence-corrected chi connectivity index (χ0v) is 14.8. The number of hydrogen-bond acceptors (Lipinski definition) is 3. The number of carbonyl (C=O) groups excluding carboxylic acids is 1. The van der Waals surface area contributed by atoms with Crippen LogP contribution in [-0.2, 0) is 13.0 Å². The summed E-state index contributed by atoms with van der Waals surface area (Å²) in [5.41, 5.74) is 4.40. The third kappa shape index (κ3) is 3.55. The molecular weight excluding hydrogens is 326 g/mol. The molecule has 2 amide bonds. The average molecular weight is 349 g/mol. The largest absolute Gasteiger partial charge is 0.334 e. The number of nitrogens with one attached hydrogen (secondary N) is 3. The van der Waals surface area contributed by atoms with E-state index in [0.717, 1.165) is 42.6 Å². The van der Waals surface area contributed by atoms with Gasteiger partial charge in [0.1, 0.15) is 0 Å². The molecule has 0 saturated heterocycles. The number of anilines is 1. The Morgan fingerprint density at radius 1 is 1.23 bits per heavy atom. The fourth-order valence-corrected chi connectivity index (χ4v) is 3.60. The second-order valence-corrected chi connectivity index (χ2v) is 6.89. The van der Waals surface area contributed by atoms with E-state index >= 15 is 0 Å². The zero-order valence-electron chi connectivity index (χ0n) is 14.8. The molecule has 26 heavy (non-hydrogen) atoms. The molecule has 1 atom stereocenters. The lowest BCUT2D eigenvalue weighted by atomic mass is 10.00. The van der Waals surface area contributed by atoms with Crippen LogP contribution in [0.25, 0.3) is 10.9 Å². The summed E-state index contributed by atoms with van der Waals surface area (Å²) in [6, 6.07) is 14.2. The number of urea groups is 1. The Balaban J connectivity index is 1.33. The number of amides is 2. The summed E-state index contributed by atoms with van der Waals surface area (Å²) in [6.07, 6.45) is 2.81. The van der Waals surface area contributed by atoms with Crippen molar-refractivity contribution in [3.8, 4) is 0 Å². The monoisotopic (exact) mass is 349 g/mol. The number of rotatable bonds is 4. The van der Waals surface area contributed by atoms with Crippen LogP contribution in [0.2, 0.25) is 0 Å². The Morgan fingerprint density at radius 2 is 2.08 bits per heavy atom. The van der Waals surface area contributed by atoms with Gasteiger partial charge in [0, 0.05) is 31.1 Å². The highest BCUT2D eigenvalue weighted by atomic mass is 16.2.